The summed E-state index contributed by atoms with van der Waals surface area (Å²) >= 11 is 2.17. The van der Waals surface area contributed by atoms with E-state index in [0.717, 1.165) is 3.57 Å². The summed E-state index contributed by atoms with van der Waals surface area (Å²) < 4.78 is 1.07. The minimum atomic E-state index is -1.28. The second-order valence-corrected chi connectivity index (χ2v) is 4.64. The zero-order valence-electron chi connectivity index (χ0n) is 7.54. The van der Waals surface area contributed by atoms with Crippen LogP contribution in [0.5, 0.6) is 0 Å². The Morgan fingerprint density at radius 3 is 2.15 bits per heavy atom. The molecule has 2 nitrogen and oxygen atoms in total. The molecule has 1 aromatic rings. The average molecular weight is 290 g/mol. The van der Waals surface area contributed by atoms with Crippen LogP contribution >= 0.6 is 22.6 Å². The van der Waals surface area contributed by atoms with Crippen molar-refractivity contribution in [2.45, 2.75) is 19.4 Å². The van der Waals surface area contributed by atoms with Gasteiger partial charge >= 0.3 is 0 Å². The molecule has 0 aromatic heterocycles. The lowest BCUT2D eigenvalue weighted by atomic mass is 9.97. The minimum Gasteiger partial charge on any atom is -0.382 e. The third-order valence-electron chi connectivity index (χ3n) is 1.66. The van der Waals surface area contributed by atoms with Crippen LogP contribution < -0.4 is 0 Å². The molecule has 1 N–H and O–H groups in total. The number of aliphatic hydroxyl groups is 1. The van der Waals surface area contributed by atoms with Crippen molar-refractivity contribution >= 4 is 28.4 Å². The Morgan fingerprint density at radius 2 is 1.77 bits per heavy atom. The average Bonchev–Trinajstić information content (AvgIpc) is 2.03. The van der Waals surface area contributed by atoms with Crippen LogP contribution in [0.15, 0.2) is 24.3 Å². The van der Waals surface area contributed by atoms with Gasteiger partial charge in [-0.2, -0.15) is 0 Å². The SMILES string of the molecule is CC(C)(O)C(=O)c1ccc(I)cc1. The minimum absolute atomic E-state index is 0.246. The first-order valence-electron chi connectivity index (χ1n) is 3.94. The zero-order chi connectivity index (χ0) is 10.1. The van der Waals surface area contributed by atoms with Gasteiger partial charge in [0, 0.05) is 9.13 Å². The number of Topliss-reactive ketones (excluding diaryl/α,β-unsaturated/α-hetero) is 1. The Balaban J connectivity index is 2.97. The molecular weight excluding hydrogens is 279 g/mol. The van der Waals surface area contributed by atoms with Gasteiger partial charge < -0.3 is 5.11 Å². The van der Waals surface area contributed by atoms with Gasteiger partial charge in [-0.15, -0.1) is 0 Å². The quantitative estimate of drug-likeness (QED) is 0.670. The second kappa shape index (κ2) is 3.75. The smallest absolute Gasteiger partial charge is 0.193 e. The standard InChI is InChI=1S/C10H11IO2/c1-10(2,13)9(12)7-3-5-8(11)6-4-7/h3-6,13H,1-2H3. The molecular formula is C10H11IO2. The lowest BCUT2D eigenvalue weighted by Gasteiger charge is -2.15. The maximum atomic E-state index is 11.5. The van der Waals surface area contributed by atoms with Crippen molar-refractivity contribution in [3.63, 3.8) is 0 Å². The lowest BCUT2D eigenvalue weighted by Crippen LogP contribution is -2.30. The normalized spacial score (nSPS) is 11.4. The van der Waals surface area contributed by atoms with Crippen molar-refractivity contribution in [2.24, 2.45) is 0 Å². The molecule has 1 aromatic carbocycles. The largest absolute Gasteiger partial charge is 0.382 e. The molecule has 0 heterocycles. The van der Waals surface area contributed by atoms with Gasteiger partial charge in [0.15, 0.2) is 5.78 Å². The van der Waals surface area contributed by atoms with Crippen LogP contribution in [-0.2, 0) is 0 Å². The van der Waals surface area contributed by atoms with E-state index in [9.17, 15) is 9.90 Å². The van der Waals surface area contributed by atoms with Gasteiger partial charge in [-0.05, 0) is 48.6 Å². The molecule has 0 unspecified atom stereocenters. The Bertz CT molecular complexity index is 309. The van der Waals surface area contributed by atoms with E-state index in [2.05, 4.69) is 22.6 Å². The predicted octanol–water partition coefficient (Wildman–Crippen LogP) is 2.24. The molecule has 13 heavy (non-hydrogen) atoms. The molecule has 0 amide bonds. The maximum absolute atomic E-state index is 11.5. The van der Waals surface area contributed by atoms with Crippen molar-refractivity contribution in [1.82, 2.24) is 0 Å². The van der Waals surface area contributed by atoms with Crippen LogP contribution in [0.25, 0.3) is 0 Å². The summed E-state index contributed by atoms with van der Waals surface area (Å²) in [5.41, 5.74) is -0.736. The number of hydrogen-bond donors (Lipinski definition) is 1. The van der Waals surface area contributed by atoms with Crippen molar-refractivity contribution in [3.8, 4) is 0 Å². The molecule has 0 aliphatic rings. The van der Waals surface area contributed by atoms with Crippen molar-refractivity contribution < 1.29 is 9.90 Å². The molecule has 0 saturated carbocycles. The Hall–Kier alpha value is -0.420. The molecule has 0 fully saturated rings. The van der Waals surface area contributed by atoms with E-state index >= 15 is 0 Å². The summed E-state index contributed by atoms with van der Waals surface area (Å²) in [4.78, 5) is 11.5. The van der Waals surface area contributed by atoms with E-state index in [-0.39, 0.29) is 5.78 Å². The highest BCUT2D eigenvalue weighted by Gasteiger charge is 2.24. The van der Waals surface area contributed by atoms with Crippen molar-refractivity contribution in [3.05, 3.63) is 33.4 Å². The first-order chi connectivity index (χ1) is 5.91. The monoisotopic (exact) mass is 290 g/mol. The van der Waals surface area contributed by atoms with Crippen molar-refractivity contribution in [1.29, 1.82) is 0 Å². The predicted molar refractivity (Wildman–Crippen MR) is 59.8 cm³/mol. The summed E-state index contributed by atoms with van der Waals surface area (Å²) in [6, 6.07) is 7.14. The first-order valence-corrected chi connectivity index (χ1v) is 5.02. The number of carbonyl (C=O) groups excluding carboxylic acids is 1. The lowest BCUT2D eigenvalue weighted by molar-refractivity contribution is 0.0488. The molecule has 0 aliphatic carbocycles. The third kappa shape index (κ3) is 2.77. The van der Waals surface area contributed by atoms with Crippen LogP contribution in [0.3, 0.4) is 0 Å². The van der Waals surface area contributed by atoms with E-state index < -0.39 is 5.60 Å². The summed E-state index contributed by atoms with van der Waals surface area (Å²) in [6.45, 7) is 2.99. The number of benzene rings is 1. The van der Waals surface area contributed by atoms with E-state index in [1.165, 1.54) is 13.8 Å². The highest BCUT2D eigenvalue weighted by Crippen LogP contribution is 2.14. The topological polar surface area (TPSA) is 37.3 Å². The summed E-state index contributed by atoms with van der Waals surface area (Å²) in [6.07, 6.45) is 0. The van der Waals surface area contributed by atoms with Crippen LogP contribution in [0.2, 0.25) is 0 Å². The van der Waals surface area contributed by atoms with Gasteiger partial charge in [-0.25, -0.2) is 0 Å². The summed E-state index contributed by atoms with van der Waals surface area (Å²) in [5.74, 6) is -0.246. The number of hydrogen-bond acceptors (Lipinski definition) is 2. The van der Waals surface area contributed by atoms with Gasteiger partial charge in [0.25, 0.3) is 0 Å². The van der Waals surface area contributed by atoms with E-state index in [1.54, 1.807) is 12.1 Å². The third-order valence-corrected chi connectivity index (χ3v) is 2.38. The van der Waals surface area contributed by atoms with E-state index in [4.69, 9.17) is 0 Å². The first kappa shape index (κ1) is 10.7. The van der Waals surface area contributed by atoms with Crippen molar-refractivity contribution in [2.75, 3.05) is 0 Å². The number of halogens is 1. The van der Waals surface area contributed by atoms with Gasteiger partial charge in [-0.1, -0.05) is 12.1 Å². The summed E-state index contributed by atoms with van der Waals surface area (Å²) in [5, 5.41) is 9.46. The second-order valence-electron chi connectivity index (χ2n) is 3.40. The van der Waals surface area contributed by atoms with Gasteiger partial charge in [0.1, 0.15) is 5.60 Å². The number of rotatable bonds is 2. The van der Waals surface area contributed by atoms with Gasteiger partial charge in [0.2, 0.25) is 0 Å². The molecule has 3 heteroatoms. The Labute approximate surface area is 91.1 Å². The Morgan fingerprint density at radius 1 is 1.31 bits per heavy atom. The molecule has 0 atom stereocenters. The van der Waals surface area contributed by atoms with Crippen LogP contribution in [0, 0.1) is 3.57 Å². The molecule has 0 saturated heterocycles. The molecule has 0 bridgehead atoms. The molecule has 1 rings (SSSR count). The number of ketones is 1. The van der Waals surface area contributed by atoms with E-state index in [1.807, 2.05) is 12.1 Å². The van der Waals surface area contributed by atoms with Crippen LogP contribution in [0.4, 0.5) is 0 Å². The highest BCUT2D eigenvalue weighted by molar-refractivity contribution is 14.1. The maximum Gasteiger partial charge on any atom is 0.193 e. The number of carbonyl (C=O) groups is 1. The molecule has 0 radical (unpaired) electrons. The van der Waals surface area contributed by atoms with Gasteiger partial charge in [0.05, 0.1) is 0 Å². The molecule has 0 aliphatic heterocycles. The highest BCUT2D eigenvalue weighted by atomic mass is 127. The Kier molecular flexibility index (Phi) is 3.08. The van der Waals surface area contributed by atoms with Crippen LogP contribution in [0.1, 0.15) is 24.2 Å². The van der Waals surface area contributed by atoms with Gasteiger partial charge in [-0.3, -0.25) is 4.79 Å². The fourth-order valence-electron chi connectivity index (χ4n) is 0.954. The van der Waals surface area contributed by atoms with Crippen LogP contribution in [-0.4, -0.2) is 16.5 Å². The fraction of sp³-hybridized carbons (Fsp3) is 0.300. The zero-order valence-corrected chi connectivity index (χ0v) is 9.70. The fourth-order valence-corrected chi connectivity index (χ4v) is 1.31. The molecule has 0 spiro atoms. The summed E-state index contributed by atoms with van der Waals surface area (Å²) in [7, 11) is 0. The van der Waals surface area contributed by atoms with E-state index in [0.29, 0.717) is 5.56 Å². The molecule has 70 valence electrons.